The molecule has 0 radical (unpaired) electrons. The second-order valence-electron chi connectivity index (χ2n) is 13.4. The Morgan fingerprint density at radius 2 is 0.943 bits per heavy atom. The highest BCUT2D eigenvalue weighted by Crippen LogP contribution is 2.51. The fraction of sp³-hybridized carbons (Fsp3) is 0. The fourth-order valence-corrected chi connectivity index (χ4v) is 10.6. The quantitative estimate of drug-likeness (QED) is 0.139. The van der Waals surface area contributed by atoms with Crippen LogP contribution in [0.15, 0.2) is 199 Å². The van der Waals surface area contributed by atoms with E-state index in [0.717, 1.165) is 93.0 Å². The Balaban J connectivity index is 1.21. The van der Waals surface area contributed by atoms with E-state index in [2.05, 4.69) is 121 Å². The van der Waals surface area contributed by atoms with Crippen molar-refractivity contribution in [3.05, 3.63) is 194 Å². The predicted molar refractivity (Wildman–Crippen MR) is 224 cm³/mol. The number of hydrogen-bond donors (Lipinski definition) is 1. The summed E-state index contributed by atoms with van der Waals surface area (Å²) in [7, 11) is -2.90. The zero-order valence-electron chi connectivity index (χ0n) is 28.7. The van der Waals surface area contributed by atoms with Gasteiger partial charge in [-0.15, -0.1) is 0 Å². The lowest BCUT2D eigenvalue weighted by Crippen LogP contribution is -2.30. The van der Waals surface area contributed by atoms with Gasteiger partial charge in [-0.25, -0.2) is 9.88 Å². The molecule has 0 fully saturated rings. The first-order valence-corrected chi connectivity index (χ1v) is 19.6. The van der Waals surface area contributed by atoms with Crippen LogP contribution in [-0.2, 0) is 0 Å². The fourth-order valence-electron chi connectivity index (χ4n) is 7.90. The average molecular weight is 699 g/mol. The Bertz CT molecular complexity index is 2920. The van der Waals surface area contributed by atoms with Crippen LogP contribution >= 0.6 is 7.49 Å². The highest BCUT2D eigenvalue weighted by atomic mass is 31.2. The van der Waals surface area contributed by atoms with Gasteiger partial charge in [-0.3, -0.25) is 0 Å². The molecule has 0 bridgehead atoms. The first-order chi connectivity index (χ1) is 26.2. The summed E-state index contributed by atoms with van der Waals surface area (Å²) in [5.41, 5.74) is 8.91. The molecule has 0 aliphatic heterocycles. The van der Waals surface area contributed by atoms with Gasteiger partial charge in [0.15, 0.2) is 0 Å². The SMILES string of the molecule is O[P+](c1ccccc1)(c1ccccc1)c1cccc(-c2cccc(-c3nc4ccccc4c4c(-c5ccccc5)c5c(cc34)oc3ccccc35)c2)c1. The number of furan rings is 1. The Hall–Kier alpha value is -6.38. The lowest BCUT2D eigenvalue weighted by molar-refractivity contribution is 0.633. The van der Waals surface area contributed by atoms with Crippen LogP contribution in [0.3, 0.4) is 0 Å². The minimum Gasteiger partial charge on any atom is -0.456 e. The van der Waals surface area contributed by atoms with Crippen molar-refractivity contribution < 1.29 is 9.31 Å². The summed E-state index contributed by atoms with van der Waals surface area (Å²) in [6, 6.07) is 66.7. The maximum atomic E-state index is 12.7. The first kappa shape index (κ1) is 31.4. The number of rotatable bonds is 6. The van der Waals surface area contributed by atoms with Crippen LogP contribution in [0.2, 0.25) is 0 Å². The van der Waals surface area contributed by atoms with Gasteiger partial charge in [0.05, 0.1) is 11.2 Å². The number of para-hydroxylation sites is 2. The molecule has 10 rings (SSSR count). The standard InChI is InChI=1S/C49H33NO2P/c51-53(37-21-6-2-7-22-37,38-23-8-3-9-24-38)39-25-15-19-35(31-39)34-18-14-20-36(30-34)49-42-32-45-48(41-27-11-13-29-44(41)52-45)46(33-16-4-1-5-17-33)47(42)40-26-10-12-28-43(40)50-49/h1-32,51H/q+1. The second kappa shape index (κ2) is 12.7. The minimum absolute atomic E-state index is 0.838. The molecule has 0 aliphatic rings. The normalized spacial score (nSPS) is 11.9. The summed E-state index contributed by atoms with van der Waals surface area (Å²) >= 11 is 0. The van der Waals surface area contributed by atoms with Crippen LogP contribution < -0.4 is 15.9 Å². The Kier molecular flexibility index (Phi) is 7.51. The monoisotopic (exact) mass is 698 g/mol. The number of aromatic nitrogens is 1. The van der Waals surface area contributed by atoms with E-state index >= 15 is 0 Å². The van der Waals surface area contributed by atoms with Gasteiger partial charge in [0.2, 0.25) is 7.49 Å². The lowest BCUT2D eigenvalue weighted by atomic mass is 9.89. The van der Waals surface area contributed by atoms with Gasteiger partial charge in [-0.05, 0) is 77.4 Å². The number of benzene rings is 8. The van der Waals surface area contributed by atoms with Gasteiger partial charge in [0, 0.05) is 38.1 Å². The molecule has 0 saturated heterocycles. The van der Waals surface area contributed by atoms with Crippen LogP contribution in [0.25, 0.3) is 77.1 Å². The summed E-state index contributed by atoms with van der Waals surface area (Å²) in [5, 5.41) is 8.27. The van der Waals surface area contributed by atoms with E-state index in [-0.39, 0.29) is 0 Å². The van der Waals surface area contributed by atoms with Crippen LogP contribution in [0.5, 0.6) is 0 Å². The Labute approximate surface area is 307 Å². The number of nitrogens with zero attached hydrogens (tertiary/aromatic N) is 1. The molecule has 0 amide bonds. The number of pyridine rings is 1. The van der Waals surface area contributed by atoms with E-state index in [9.17, 15) is 4.89 Å². The van der Waals surface area contributed by atoms with Gasteiger partial charge in [0.1, 0.15) is 27.1 Å². The molecule has 2 aromatic heterocycles. The predicted octanol–water partition coefficient (Wildman–Crippen LogP) is 11.5. The van der Waals surface area contributed by atoms with E-state index in [4.69, 9.17) is 9.40 Å². The summed E-state index contributed by atoms with van der Waals surface area (Å²) in [5.74, 6) is 0. The highest BCUT2D eigenvalue weighted by Gasteiger charge is 2.44. The van der Waals surface area contributed by atoms with E-state index < -0.39 is 7.49 Å². The van der Waals surface area contributed by atoms with E-state index in [1.54, 1.807) is 0 Å². The third kappa shape index (κ3) is 5.17. The molecule has 8 aromatic carbocycles. The van der Waals surface area contributed by atoms with Crippen molar-refractivity contribution in [1.82, 2.24) is 4.98 Å². The van der Waals surface area contributed by atoms with E-state index in [1.807, 2.05) is 72.8 Å². The molecular formula is C49H33NO2P+. The van der Waals surface area contributed by atoms with Crippen LogP contribution in [0.4, 0.5) is 0 Å². The van der Waals surface area contributed by atoms with Crippen molar-refractivity contribution >= 4 is 67.0 Å². The Morgan fingerprint density at radius 1 is 0.396 bits per heavy atom. The van der Waals surface area contributed by atoms with Crippen molar-refractivity contribution in [1.29, 1.82) is 0 Å². The first-order valence-electron chi connectivity index (χ1n) is 17.8. The average Bonchev–Trinajstić information content (AvgIpc) is 3.61. The molecule has 0 atom stereocenters. The molecule has 0 spiro atoms. The molecule has 0 saturated carbocycles. The number of hydrogen-bond acceptors (Lipinski definition) is 3. The molecule has 53 heavy (non-hydrogen) atoms. The molecule has 250 valence electrons. The smallest absolute Gasteiger partial charge is 0.238 e. The van der Waals surface area contributed by atoms with Gasteiger partial charge in [-0.1, -0.05) is 133 Å². The second-order valence-corrected chi connectivity index (χ2v) is 16.2. The summed E-state index contributed by atoms with van der Waals surface area (Å²) in [6.07, 6.45) is 0. The van der Waals surface area contributed by atoms with Gasteiger partial charge < -0.3 is 4.42 Å². The van der Waals surface area contributed by atoms with Crippen LogP contribution in [-0.4, -0.2) is 9.88 Å². The molecule has 2 heterocycles. The molecule has 0 unspecified atom stereocenters. The number of fused-ring (bicyclic) bond motifs is 6. The minimum atomic E-state index is -2.90. The zero-order valence-corrected chi connectivity index (χ0v) is 29.6. The molecule has 10 aromatic rings. The molecule has 4 heteroatoms. The lowest BCUT2D eigenvalue weighted by Gasteiger charge is -2.20. The summed E-state index contributed by atoms with van der Waals surface area (Å²) in [4.78, 5) is 18.1. The maximum absolute atomic E-state index is 12.7. The topological polar surface area (TPSA) is 46.3 Å². The van der Waals surface area contributed by atoms with Crippen molar-refractivity contribution in [3.63, 3.8) is 0 Å². The third-order valence-corrected chi connectivity index (χ3v) is 13.5. The Morgan fingerprint density at radius 3 is 1.68 bits per heavy atom. The molecule has 3 nitrogen and oxygen atoms in total. The van der Waals surface area contributed by atoms with Gasteiger partial charge in [0.25, 0.3) is 0 Å². The van der Waals surface area contributed by atoms with Crippen LogP contribution in [0, 0.1) is 0 Å². The van der Waals surface area contributed by atoms with Gasteiger partial charge in [-0.2, -0.15) is 0 Å². The van der Waals surface area contributed by atoms with Crippen LogP contribution in [0.1, 0.15) is 0 Å². The summed E-state index contributed by atoms with van der Waals surface area (Å²) < 4.78 is 6.59. The molecule has 0 aliphatic carbocycles. The highest BCUT2D eigenvalue weighted by molar-refractivity contribution is 7.91. The largest absolute Gasteiger partial charge is 0.456 e. The molecule has 1 N–H and O–H groups in total. The van der Waals surface area contributed by atoms with Gasteiger partial charge >= 0.3 is 0 Å². The summed E-state index contributed by atoms with van der Waals surface area (Å²) in [6.45, 7) is 0. The molecular weight excluding hydrogens is 666 g/mol. The maximum Gasteiger partial charge on any atom is 0.238 e. The van der Waals surface area contributed by atoms with E-state index in [0.29, 0.717) is 0 Å². The zero-order chi connectivity index (χ0) is 35.4. The van der Waals surface area contributed by atoms with Crippen molar-refractivity contribution in [3.8, 4) is 33.5 Å². The van der Waals surface area contributed by atoms with Crippen molar-refractivity contribution in [2.75, 3.05) is 0 Å². The van der Waals surface area contributed by atoms with E-state index in [1.165, 1.54) is 0 Å². The third-order valence-electron chi connectivity index (χ3n) is 10.3. The van der Waals surface area contributed by atoms with Crippen molar-refractivity contribution in [2.45, 2.75) is 0 Å². The van der Waals surface area contributed by atoms with Crippen molar-refractivity contribution in [2.24, 2.45) is 0 Å².